The maximum absolute atomic E-state index is 13.6. The lowest BCUT2D eigenvalue weighted by atomic mass is 10.0. The van der Waals surface area contributed by atoms with Gasteiger partial charge in [-0.25, -0.2) is 21.2 Å². The van der Waals surface area contributed by atoms with E-state index in [1.165, 1.54) is 27.9 Å². The van der Waals surface area contributed by atoms with Crippen molar-refractivity contribution in [2.24, 2.45) is 0 Å². The van der Waals surface area contributed by atoms with Gasteiger partial charge in [-0.15, -0.1) is 0 Å². The second-order valence-corrected chi connectivity index (χ2v) is 13.4. The Morgan fingerprint density at radius 1 is 0.789 bits per heavy atom. The first kappa shape index (κ1) is 26.9. The molecule has 12 heteroatoms. The molecule has 3 aromatic rings. The van der Waals surface area contributed by atoms with Crippen LogP contribution in [0.4, 0.5) is 10.1 Å². The molecule has 0 spiro atoms. The molecule has 38 heavy (non-hydrogen) atoms. The number of piperazine rings is 1. The summed E-state index contributed by atoms with van der Waals surface area (Å²) < 4.78 is 75.1. The molecular formula is C26H27ClFN3O5S2. The highest BCUT2D eigenvalue weighted by Gasteiger charge is 2.32. The van der Waals surface area contributed by atoms with Gasteiger partial charge < -0.3 is 9.64 Å². The lowest BCUT2D eigenvalue weighted by Crippen LogP contribution is -2.48. The smallest absolute Gasteiger partial charge is 0.243 e. The Kier molecular flexibility index (Phi) is 7.40. The summed E-state index contributed by atoms with van der Waals surface area (Å²) in [4.78, 5) is 1.99. The van der Waals surface area contributed by atoms with E-state index in [9.17, 15) is 21.2 Å². The zero-order chi connectivity index (χ0) is 27.1. The van der Waals surface area contributed by atoms with Gasteiger partial charge in [0.2, 0.25) is 20.0 Å². The predicted molar refractivity (Wildman–Crippen MR) is 143 cm³/mol. The molecule has 2 heterocycles. The second kappa shape index (κ2) is 10.5. The van der Waals surface area contributed by atoms with Crippen LogP contribution in [0.1, 0.15) is 11.1 Å². The van der Waals surface area contributed by atoms with Gasteiger partial charge in [-0.1, -0.05) is 35.9 Å². The predicted octanol–water partition coefficient (Wildman–Crippen LogP) is 3.75. The van der Waals surface area contributed by atoms with Crippen LogP contribution in [-0.4, -0.2) is 65.3 Å². The zero-order valence-electron chi connectivity index (χ0n) is 20.7. The molecule has 5 rings (SSSR count). The number of nitrogens with zero attached hydrogens (tertiary/aromatic N) is 3. The van der Waals surface area contributed by atoms with Crippen LogP contribution in [0.3, 0.4) is 0 Å². The third-order valence-electron chi connectivity index (χ3n) is 6.99. The van der Waals surface area contributed by atoms with Crippen LogP contribution in [0.15, 0.2) is 70.5 Å². The molecule has 0 saturated carbocycles. The van der Waals surface area contributed by atoms with Crippen molar-refractivity contribution in [3.05, 3.63) is 82.6 Å². The van der Waals surface area contributed by atoms with E-state index in [1.807, 2.05) is 29.2 Å². The van der Waals surface area contributed by atoms with Gasteiger partial charge in [0.25, 0.3) is 0 Å². The van der Waals surface area contributed by atoms with Crippen molar-refractivity contribution in [1.82, 2.24) is 8.61 Å². The molecule has 1 fully saturated rings. The van der Waals surface area contributed by atoms with Gasteiger partial charge in [0.1, 0.15) is 11.6 Å². The maximum atomic E-state index is 13.6. The number of halogens is 2. The first-order chi connectivity index (χ1) is 18.1. The van der Waals surface area contributed by atoms with Crippen LogP contribution in [0, 0.1) is 5.82 Å². The van der Waals surface area contributed by atoms with E-state index in [0.717, 1.165) is 23.3 Å². The quantitative estimate of drug-likeness (QED) is 0.442. The number of benzene rings is 3. The van der Waals surface area contributed by atoms with Gasteiger partial charge in [0.15, 0.2) is 0 Å². The molecule has 0 aromatic heterocycles. The highest BCUT2D eigenvalue weighted by atomic mass is 35.5. The van der Waals surface area contributed by atoms with Gasteiger partial charge >= 0.3 is 0 Å². The Morgan fingerprint density at radius 2 is 1.42 bits per heavy atom. The molecule has 8 nitrogen and oxygen atoms in total. The first-order valence-electron chi connectivity index (χ1n) is 12.1. The third kappa shape index (κ3) is 5.01. The number of hydrogen-bond donors (Lipinski definition) is 0. The highest BCUT2D eigenvalue weighted by Crippen LogP contribution is 2.34. The summed E-state index contributed by atoms with van der Waals surface area (Å²) in [5.74, 6) is -0.194. The summed E-state index contributed by atoms with van der Waals surface area (Å²) in [6, 6.07) is 15.9. The van der Waals surface area contributed by atoms with Crippen molar-refractivity contribution < 1.29 is 26.0 Å². The summed E-state index contributed by atoms with van der Waals surface area (Å²) in [6.45, 7) is 1.63. The Bertz CT molecular complexity index is 1580. The fraction of sp³-hybridized carbons (Fsp3) is 0.308. The summed E-state index contributed by atoms with van der Waals surface area (Å²) in [5.41, 5.74) is 2.73. The second-order valence-electron chi connectivity index (χ2n) is 9.16. The molecule has 0 N–H and O–H groups in total. The van der Waals surface area contributed by atoms with E-state index < -0.39 is 25.9 Å². The Morgan fingerprint density at radius 3 is 2.11 bits per heavy atom. The number of methoxy groups -OCH3 is 1. The average Bonchev–Trinajstić information content (AvgIpc) is 2.93. The number of ether oxygens (including phenoxy) is 1. The van der Waals surface area contributed by atoms with E-state index in [4.69, 9.17) is 16.3 Å². The number of hydrogen-bond acceptors (Lipinski definition) is 6. The lowest BCUT2D eigenvalue weighted by molar-refractivity contribution is 0.377. The molecule has 0 bridgehead atoms. The Hall–Kier alpha value is -2.70. The van der Waals surface area contributed by atoms with Gasteiger partial charge in [-0.05, 0) is 53.9 Å². The normalized spacial score (nSPS) is 17.3. The Balaban J connectivity index is 1.36. The number of fused-ring (bicyclic) bond motifs is 1. The minimum absolute atomic E-state index is 0.0777. The van der Waals surface area contributed by atoms with Gasteiger partial charge in [-0.2, -0.15) is 8.61 Å². The average molecular weight is 580 g/mol. The van der Waals surface area contributed by atoms with Crippen molar-refractivity contribution >= 4 is 37.3 Å². The zero-order valence-corrected chi connectivity index (χ0v) is 23.1. The summed E-state index contributed by atoms with van der Waals surface area (Å²) in [5, 5.41) is -0.260. The SMILES string of the molecule is COc1ccc(S(=O)(=O)N2CCc3ccccc3C2)cc1N1CCN(S(=O)(=O)c2ccc(F)c(Cl)c2)CC1. The van der Waals surface area contributed by atoms with Crippen molar-refractivity contribution in [1.29, 1.82) is 0 Å². The molecule has 202 valence electrons. The summed E-state index contributed by atoms with van der Waals surface area (Å²) in [7, 11) is -6.13. The maximum Gasteiger partial charge on any atom is 0.243 e. The minimum atomic E-state index is -3.87. The number of sulfonamides is 2. The van der Waals surface area contributed by atoms with E-state index in [1.54, 1.807) is 12.1 Å². The van der Waals surface area contributed by atoms with Crippen LogP contribution in [0.5, 0.6) is 5.75 Å². The summed E-state index contributed by atoms with van der Waals surface area (Å²) in [6.07, 6.45) is 0.647. The van der Waals surface area contributed by atoms with E-state index in [2.05, 4.69) is 0 Å². The van der Waals surface area contributed by atoms with Gasteiger partial charge in [0.05, 0.1) is 27.6 Å². The molecule has 2 aliphatic rings. The van der Waals surface area contributed by atoms with Crippen molar-refractivity contribution in [2.45, 2.75) is 22.8 Å². The third-order valence-corrected chi connectivity index (χ3v) is 11.0. The van der Waals surface area contributed by atoms with E-state index in [0.29, 0.717) is 44.0 Å². The van der Waals surface area contributed by atoms with Crippen LogP contribution in [0.25, 0.3) is 0 Å². The summed E-state index contributed by atoms with van der Waals surface area (Å²) >= 11 is 5.80. The largest absolute Gasteiger partial charge is 0.495 e. The molecule has 0 atom stereocenters. The van der Waals surface area contributed by atoms with Crippen LogP contribution < -0.4 is 9.64 Å². The number of rotatable bonds is 6. The highest BCUT2D eigenvalue weighted by molar-refractivity contribution is 7.89. The molecular weight excluding hydrogens is 553 g/mol. The van der Waals surface area contributed by atoms with Crippen LogP contribution >= 0.6 is 11.6 Å². The molecule has 3 aromatic carbocycles. The minimum Gasteiger partial charge on any atom is -0.495 e. The first-order valence-corrected chi connectivity index (χ1v) is 15.3. The van der Waals surface area contributed by atoms with E-state index in [-0.39, 0.29) is 27.9 Å². The van der Waals surface area contributed by atoms with Crippen molar-refractivity contribution in [3.63, 3.8) is 0 Å². The van der Waals surface area contributed by atoms with Gasteiger partial charge in [0, 0.05) is 39.3 Å². The van der Waals surface area contributed by atoms with Crippen LogP contribution in [0.2, 0.25) is 5.02 Å². The Labute approximate surface area is 227 Å². The lowest BCUT2D eigenvalue weighted by Gasteiger charge is -2.36. The molecule has 0 radical (unpaired) electrons. The number of anilines is 1. The van der Waals surface area contributed by atoms with Crippen molar-refractivity contribution in [2.75, 3.05) is 44.7 Å². The van der Waals surface area contributed by atoms with Crippen molar-refractivity contribution in [3.8, 4) is 5.75 Å². The molecule has 1 saturated heterocycles. The molecule has 0 amide bonds. The fourth-order valence-corrected chi connectivity index (χ4v) is 7.99. The van der Waals surface area contributed by atoms with Crippen LogP contribution in [-0.2, 0) is 33.0 Å². The molecule has 0 aliphatic carbocycles. The standard InChI is InChI=1S/C26H27ClFN3O5S2/c1-36-26-9-7-22(38(34,35)31-11-10-19-4-2-3-5-20(19)18-31)17-25(26)29-12-14-30(15-13-29)37(32,33)21-6-8-24(28)23(27)16-21/h2-9,16-17H,10-15,18H2,1H3. The fourth-order valence-electron chi connectivity index (χ4n) is 4.86. The molecule has 0 unspecified atom stereocenters. The molecule has 2 aliphatic heterocycles. The monoisotopic (exact) mass is 579 g/mol. The van der Waals surface area contributed by atoms with Gasteiger partial charge in [-0.3, -0.25) is 0 Å². The topological polar surface area (TPSA) is 87.2 Å². The van der Waals surface area contributed by atoms with E-state index >= 15 is 0 Å².